The van der Waals surface area contributed by atoms with E-state index in [9.17, 15) is 4.79 Å². The number of benzene rings is 1. The minimum Gasteiger partial charge on any atom is -0.497 e. The zero-order valence-corrected chi connectivity index (χ0v) is 19.3. The maximum Gasteiger partial charge on any atom is 0.263 e. The van der Waals surface area contributed by atoms with Crippen molar-refractivity contribution >= 4 is 22.9 Å². The van der Waals surface area contributed by atoms with E-state index in [1.165, 1.54) is 11.3 Å². The van der Waals surface area contributed by atoms with Crippen LogP contribution in [0.2, 0.25) is 0 Å². The highest BCUT2D eigenvalue weighted by Crippen LogP contribution is 2.23. The van der Waals surface area contributed by atoms with E-state index in [1.54, 1.807) is 23.8 Å². The number of rotatable bonds is 8. The van der Waals surface area contributed by atoms with Crippen LogP contribution in [0.3, 0.4) is 0 Å². The summed E-state index contributed by atoms with van der Waals surface area (Å²) in [7, 11) is 1.62. The minimum absolute atomic E-state index is 0.180. The Bertz CT molecular complexity index is 1430. The Kier molecular flexibility index (Phi) is 5.91. The summed E-state index contributed by atoms with van der Waals surface area (Å²) in [6.45, 7) is 2.41. The number of hydrogen-bond acceptors (Lipinski definition) is 8. The van der Waals surface area contributed by atoms with Gasteiger partial charge in [0.25, 0.3) is 5.91 Å². The maximum absolute atomic E-state index is 12.6. The van der Waals surface area contributed by atoms with Gasteiger partial charge >= 0.3 is 0 Å². The molecule has 1 aromatic carbocycles. The number of thiazole rings is 1. The molecule has 1 amide bonds. The van der Waals surface area contributed by atoms with Crippen LogP contribution in [0, 0.1) is 6.92 Å². The third-order valence-electron chi connectivity index (χ3n) is 5.04. The molecule has 4 aromatic heterocycles. The molecule has 0 spiro atoms. The summed E-state index contributed by atoms with van der Waals surface area (Å²) >= 11 is 1.35. The predicted molar refractivity (Wildman–Crippen MR) is 127 cm³/mol. The van der Waals surface area contributed by atoms with Gasteiger partial charge in [0, 0.05) is 24.0 Å². The summed E-state index contributed by atoms with van der Waals surface area (Å²) in [4.78, 5) is 17.7. The van der Waals surface area contributed by atoms with Gasteiger partial charge < -0.3 is 19.4 Å². The summed E-state index contributed by atoms with van der Waals surface area (Å²) < 4.78 is 14.5. The first-order chi connectivity index (χ1) is 16.6. The molecule has 0 saturated carbocycles. The number of nitrogens with one attached hydrogen (secondary N) is 1. The van der Waals surface area contributed by atoms with Crippen LogP contribution in [0.15, 0.2) is 60.9 Å². The Morgan fingerprint density at radius 2 is 1.88 bits per heavy atom. The first kappa shape index (κ1) is 21.6. The van der Waals surface area contributed by atoms with Crippen molar-refractivity contribution in [3.8, 4) is 28.1 Å². The minimum atomic E-state index is -0.180. The van der Waals surface area contributed by atoms with Gasteiger partial charge in [0.1, 0.15) is 17.2 Å². The summed E-state index contributed by atoms with van der Waals surface area (Å²) in [6, 6.07) is 14.8. The molecular weight excluding hydrogens is 454 g/mol. The van der Waals surface area contributed by atoms with Crippen LogP contribution in [0.4, 0.5) is 0 Å². The number of amides is 1. The van der Waals surface area contributed by atoms with Crippen LogP contribution in [0.1, 0.15) is 15.4 Å². The predicted octanol–water partition coefficient (Wildman–Crippen LogP) is 3.16. The summed E-state index contributed by atoms with van der Waals surface area (Å²) in [5, 5.41) is 16.5. The quantitative estimate of drug-likeness (QED) is 0.343. The van der Waals surface area contributed by atoms with E-state index in [-0.39, 0.29) is 12.5 Å². The van der Waals surface area contributed by atoms with E-state index in [0.717, 1.165) is 16.4 Å². The van der Waals surface area contributed by atoms with Crippen molar-refractivity contribution in [2.24, 2.45) is 0 Å². The number of nitrogens with zero attached hydrogens (tertiary/aromatic N) is 6. The lowest BCUT2D eigenvalue weighted by molar-refractivity contribution is 0.0949. The molecule has 0 saturated heterocycles. The molecule has 11 heteroatoms. The smallest absolute Gasteiger partial charge is 0.263 e. The zero-order valence-electron chi connectivity index (χ0n) is 18.5. The topological polar surface area (TPSA) is 108 Å². The van der Waals surface area contributed by atoms with E-state index in [0.29, 0.717) is 34.5 Å². The molecule has 1 N–H and O–H groups in total. The molecule has 0 radical (unpaired) electrons. The van der Waals surface area contributed by atoms with Gasteiger partial charge in [0.05, 0.1) is 19.3 Å². The first-order valence-electron chi connectivity index (χ1n) is 10.5. The summed E-state index contributed by atoms with van der Waals surface area (Å²) in [5.74, 6) is 1.57. The number of methoxy groups -OCH3 is 1. The molecule has 172 valence electrons. The second kappa shape index (κ2) is 9.32. The molecule has 0 unspecified atom stereocenters. The summed E-state index contributed by atoms with van der Waals surface area (Å²) in [5.41, 5.74) is 2.15. The Balaban J connectivity index is 1.21. The number of carbonyl (C=O) groups excluding carboxylic acids is 1. The highest BCUT2D eigenvalue weighted by atomic mass is 32.1. The number of aryl methyl sites for hydroxylation is 1. The van der Waals surface area contributed by atoms with Crippen molar-refractivity contribution in [2.75, 3.05) is 20.3 Å². The third kappa shape index (κ3) is 4.33. The van der Waals surface area contributed by atoms with E-state index in [1.807, 2.05) is 60.3 Å². The molecule has 0 atom stereocenters. The van der Waals surface area contributed by atoms with Gasteiger partial charge in [-0.2, -0.15) is 4.52 Å². The number of hydrogen-bond donors (Lipinski definition) is 1. The van der Waals surface area contributed by atoms with Gasteiger partial charge in [0.15, 0.2) is 16.6 Å². The highest BCUT2D eigenvalue weighted by Gasteiger charge is 2.16. The number of aromatic nitrogens is 6. The normalized spacial score (nSPS) is 11.0. The molecule has 34 heavy (non-hydrogen) atoms. The van der Waals surface area contributed by atoms with Gasteiger partial charge in [-0.1, -0.05) is 11.3 Å². The molecule has 10 nitrogen and oxygen atoms in total. The molecule has 0 fully saturated rings. The Hall–Kier alpha value is -4.25. The molecule has 0 aliphatic heterocycles. The average molecular weight is 476 g/mol. The molecule has 0 aliphatic carbocycles. The van der Waals surface area contributed by atoms with Crippen molar-refractivity contribution in [3.63, 3.8) is 0 Å². The lowest BCUT2D eigenvalue weighted by Crippen LogP contribution is -2.28. The van der Waals surface area contributed by atoms with E-state index >= 15 is 0 Å². The van der Waals surface area contributed by atoms with Crippen LogP contribution in [-0.4, -0.2) is 55.5 Å². The largest absolute Gasteiger partial charge is 0.497 e. The molecule has 4 heterocycles. The van der Waals surface area contributed by atoms with Crippen molar-refractivity contribution in [1.29, 1.82) is 0 Å². The third-order valence-corrected chi connectivity index (χ3v) is 6.21. The zero-order chi connectivity index (χ0) is 23.5. The molecule has 5 rings (SSSR count). The second-order valence-electron chi connectivity index (χ2n) is 7.30. The van der Waals surface area contributed by atoms with E-state index in [2.05, 4.69) is 25.6 Å². The fourth-order valence-electron chi connectivity index (χ4n) is 3.33. The van der Waals surface area contributed by atoms with Crippen LogP contribution < -0.4 is 14.8 Å². The van der Waals surface area contributed by atoms with E-state index < -0.39 is 0 Å². The molecular formula is C23H21N7O3S. The van der Waals surface area contributed by atoms with Gasteiger partial charge in [-0.05, 0) is 49.4 Å². The van der Waals surface area contributed by atoms with E-state index in [4.69, 9.17) is 9.47 Å². The molecule has 5 aromatic rings. The van der Waals surface area contributed by atoms with Gasteiger partial charge in [-0.25, -0.2) is 4.98 Å². The van der Waals surface area contributed by atoms with Gasteiger partial charge in [-0.15, -0.1) is 15.3 Å². The monoisotopic (exact) mass is 475 g/mol. The number of carbonyl (C=O) groups is 1. The Morgan fingerprint density at radius 1 is 1.09 bits per heavy atom. The van der Waals surface area contributed by atoms with Crippen molar-refractivity contribution in [3.05, 3.63) is 71.5 Å². The fraction of sp³-hybridized carbons (Fsp3) is 0.174. The summed E-state index contributed by atoms with van der Waals surface area (Å²) in [6.07, 6.45) is 3.79. The lowest BCUT2D eigenvalue weighted by atomic mass is 10.2. The van der Waals surface area contributed by atoms with Crippen LogP contribution in [0.25, 0.3) is 22.2 Å². The van der Waals surface area contributed by atoms with Crippen molar-refractivity contribution in [1.82, 2.24) is 34.7 Å². The van der Waals surface area contributed by atoms with Gasteiger partial charge in [-0.3, -0.25) is 4.79 Å². The van der Waals surface area contributed by atoms with Crippen molar-refractivity contribution in [2.45, 2.75) is 6.92 Å². The average Bonchev–Trinajstić information content (AvgIpc) is 3.61. The highest BCUT2D eigenvalue weighted by molar-refractivity contribution is 7.16. The van der Waals surface area contributed by atoms with Crippen LogP contribution in [-0.2, 0) is 0 Å². The van der Waals surface area contributed by atoms with Crippen LogP contribution >= 0.6 is 11.3 Å². The Labute approximate surface area is 198 Å². The number of ether oxygens (including phenoxy) is 2. The van der Waals surface area contributed by atoms with Crippen molar-refractivity contribution < 1.29 is 14.3 Å². The Morgan fingerprint density at radius 3 is 2.65 bits per heavy atom. The molecule has 0 aliphatic rings. The second-order valence-corrected chi connectivity index (χ2v) is 8.28. The van der Waals surface area contributed by atoms with Crippen LogP contribution in [0.5, 0.6) is 11.6 Å². The van der Waals surface area contributed by atoms with Gasteiger partial charge in [0.2, 0.25) is 5.88 Å². The fourth-order valence-corrected chi connectivity index (χ4v) is 4.29. The molecule has 0 bridgehead atoms. The first-order valence-corrected chi connectivity index (χ1v) is 11.3. The standard InChI is InChI=1S/C23H21N7O3S/c1-15-20(34-23(25-15)29-12-3-4-13-29)22(31)24-11-14-33-19-10-9-18-26-27-21(30(18)28-19)16-5-7-17(32-2)8-6-16/h3-10,12-13H,11,14H2,1-2H3,(H,24,31). The lowest BCUT2D eigenvalue weighted by Gasteiger charge is -2.07. The maximum atomic E-state index is 12.6. The SMILES string of the molecule is COc1ccc(-c2nnc3ccc(OCCNC(=O)c4sc(-n5cccc5)nc4C)nn23)cc1. The number of fused-ring (bicyclic) bond motifs is 1.